The quantitative estimate of drug-likeness (QED) is 0.456. The van der Waals surface area contributed by atoms with Crippen LogP contribution < -0.4 is 4.90 Å². The van der Waals surface area contributed by atoms with Gasteiger partial charge in [-0.3, -0.25) is 0 Å². The SMILES string of the molecule is CC1=CCC2(C)C(=C1)Sc1cc(N(c3ccccc3)c3ccccc3)ccc12. The topological polar surface area (TPSA) is 3.24 Å². The van der Waals surface area contributed by atoms with Gasteiger partial charge in [-0.1, -0.05) is 72.8 Å². The van der Waals surface area contributed by atoms with Crippen LogP contribution in [0.4, 0.5) is 17.1 Å². The van der Waals surface area contributed by atoms with Crippen LogP contribution in [0, 0.1) is 0 Å². The van der Waals surface area contributed by atoms with E-state index in [9.17, 15) is 0 Å². The van der Waals surface area contributed by atoms with E-state index in [1.165, 1.54) is 38.0 Å². The maximum atomic E-state index is 2.38. The van der Waals surface area contributed by atoms with Crippen LogP contribution in [0.25, 0.3) is 0 Å². The first-order valence-electron chi connectivity index (χ1n) is 9.77. The Bertz CT molecular complexity index is 1040. The van der Waals surface area contributed by atoms with Gasteiger partial charge in [0.2, 0.25) is 0 Å². The zero-order chi connectivity index (χ0) is 19.1. The molecule has 0 spiro atoms. The lowest BCUT2D eigenvalue weighted by Crippen LogP contribution is -2.21. The summed E-state index contributed by atoms with van der Waals surface area (Å²) in [6.07, 6.45) is 5.82. The van der Waals surface area contributed by atoms with E-state index in [0.717, 1.165) is 6.42 Å². The summed E-state index contributed by atoms with van der Waals surface area (Å²) in [4.78, 5) is 5.19. The third-order valence-corrected chi connectivity index (χ3v) is 7.15. The molecule has 1 aliphatic heterocycles. The molecule has 28 heavy (non-hydrogen) atoms. The molecule has 0 radical (unpaired) electrons. The van der Waals surface area contributed by atoms with Crippen LogP contribution in [-0.2, 0) is 5.41 Å². The molecule has 2 heteroatoms. The lowest BCUT2D eigenvalue weighted by Gasteiger charge is -2.29. The Morgan fingerprint density at radius 2 is 1.46 bits per heavy atom. The third-order valence-electron chi connectivity index (χ3n) is 5.80. The Hall–Kier alpha value is -2.71. The van der Waals surface area contributed by atoms with Gasteiger partial charge in [0.15, 0.2) is 0 Å². The van der Waals surface area contributed by atoms with Crippen molar-refractivity contribution in [3.8, 4) is 0 Å². The molecule has 1 atom stereocenters. The van der Waals surface area contributed by atoms with Crippen molar-refractivity contribution in [3.05, 3.63) is 107 Å². The molecule has 1 heterocycles. The Balaban J connectivity index is 1.62. The second-order valence-electron chi connectivity index (χ2n) is 7.78. The first kappa shape index (κ1) is 17.4. The molecule has 138 valence electrons. The Morgan fingerprint density at radius 1 is 0.821 bits per heavy atom. The number of rotatable bonds is 3. The van der Waals surface area contributed by atoms with Gasteiger partial charge in [0.1, 0.15) is 0 Å². The highest BCUT2D eigenvalue weighted by Crippen LogP contribution is 2.57. The molecule has 1 aliphatic carbocycles. The fraction of sp³-hybridized carbons (Fsp3) is 0.154. The van der Waals surface area contributed by atoms with Crippen LogP contribution >= 0.6 is 11.8 Å². The zero-order valence-corrected chi connectivity index (χ0v) is 17.0. The highest BCUT2D eigenvalue weighted by atomic mass is 32.2. The van der Waals surface area contributed by atoms with E-state index in [-0.39, 0.29) is 5.41 Å². The van der Waals surface area contributed by atoms with Gasteiger partial charge in [0.25, 0.3) is 0 Å². The van der Waals surface area contributed by atoms with Gasteiger partial charge in [-0.05, 0) is 61.4 Å². The molecule has 2 aliphatic rings. The molecular formula is C26H23NS. The number of nitrogens with zero attached hydrogens (tertiary/aromatic N) is 1. The second-order valence-corrected chi connectivity index (χ2v) is 8.87. The molecule has 5 rings (SSSR count). The summed E-state index contributed by atoms with van der Waals surface area (Å²) in [5, 5.41) is 0. The van der Waals surface area contributed by atoms with Gasteiger partial charge in [0.05, 0.1) is 0 Å². The molecule has 0 amide bonds. The second kappa shape index (κ2) is 6.72. The van der Waals surface area contributed by atoms with E-state index >= 15 is 0 Å². The van der Waals surface area contributed by atoms with Gasteiger partial charge in [-0.25, -0.2) is 0 Å². The van der Waals surface area contributed by atoms with E-state index in [2.05, 4.69) is 110 Å². The van der Waals surface area contributed by atoms with Crippen LogP contribution in [0.3, 0.4) is 0 Å². The van der Waals surface area contributed by atoms with Crippen molar-refractivity contribution < 1.29 is 0 Å². The highest BCUT2D eigenvalue weighted by molar-refractivity contribution is 8.03. The minimum atomic E-state index is 0.127. The molecule has 1 nitrogen and oxygen atoms in total. The lowest BCUT2D eigenvalue weighted by atomic mass is 9.76. The highest BCUT2D eigenvalue weighted by Gasteiger charge is 2.40. The summed E-state index contributed by atoms with van der Waals surface area (Å²) >= 11 is 1.94. The molecule has 0 saturated heterocycles. The number of hydrogen-bond acceptors (Lipinski definition) is 2. The largest absolute Gasteiger partial charge is 0.310 e. The molecule has 1 unspecified atom stereocenters. The van der Waals surface area contributed by atoms with Crippen molar-refractivity contribution in [1.82, 2.24) is 0 Å². The Kier molecular flexibility index (Phi) is 4.17. The maximum absolute atomic E-state index is 2.38. The zero-order valence-electron chi connectivity index (χ0n) is 16.2. The van der Waals surface area contributed by atoms with Crippen LogP contribution in [0.5, 0.6) is 0 Å². The minimum Gasteiger partial charge on any atom is -0.310 e. The molecule has 0 bridgehead atoms. The summed E-state index contributed by atoms with van der Waals surface area (Å²) in [6, 6.07) is 28.2. The van der Waals surface area contributed by atoms with Gasteiger partial charge < -0.3 is 4.90 Å². The predicted octanol–water partition coefficient (Wildman–Crippen LogP) is 7.75. The Labute approximate surface area is 171 Å². The first-order chi connectivity index (χ1) is 13.6. The molecule has 3 aromatic rings. The van der Waals surface area contributed by atoms with E-state index in [4.69, 9.17) is 0 Å². The average molecular weight is 382 g/mol. The fourth-order valence-electron chi connectivity index (χ4n) is 4.19. The van der Waals surface area contributed by atoms with E-state index in [1.54, 1.807) is 0 Å². The van der Waals surface area contributed by atoms with Gasteiger partial charge in [-0.2, -0.15) is 0 Å². The standard InChI is InChI=1S/C26H23NS/c1-19-15-16-26(2)23-14-13-22(18-24(23)28-25(26)17-19)27(20-9-5-3-6-10-20)21-11-7-4-8-12-21/h3-15,17-18H,16H2,1-2H3. The van der Waals surface area contributed by atoms with Crippen molar-refractivity contribution in [2.45, 2.75) is 30.6 Å². The number of thioether (sulfide) groups is 1. The van der Waals surface area contributed by atoms with Gasteiger partial charge in [0, 0.05) is 32.3 Å². The van der Waals surface area contributed by atoms with Crippen LogP contribution in [-0.4, -0.2) is 0 Å². The lowest BCUT2D eigenvalue weighted by molar-refractivity contribution is 0.585. The summed E-state index contributed by atoms with van der Waals surface area (Å²) in [7, 11) is 0. The predicted molar refractivity (Wildman–Crippen MR) is 121 cm³/mol. The number of anilines is 3. The van der Waals surface area contributed by atoms with Crippen molar-refractivity contribution in [1.29, 1.82) is 0 Å². The normalized spacial score (nSPS) is 20.1. The molecular weight excluding hydrogens is 358 g/mol. The fourth-order valence-corrected chi connectivity index (χ4v) is 5.67. The number of para-hydroxylation sites is 2. The number of benzene rings is 3. The smallest absolute Gasteiger partial charge is 0.0473 e. The maximum Gasteiger partial charge on any atom is 0.0473 e. The number of allylic oxidation sites excluding steroid dienone is 4. The Morgan fingerprint density at radius 3 is 2.11 bits per heavy atom. The molecule has 0 fully saturated rings. The number of hydrogen-bond donors (Lipinski definition) is 0. The van der Waals surface area contributed by atoms with E-state index < -0.39 is 0 Å². The van der Waals surface area contributed by atoms with Gasteiger partial charge in [-0.15, -0.1) is 0 Å². The van der Waals surface area contributed by atoms with Crippen molar-refractivity contribution in [3.63, 3.8) is 0 Å². The van der Waals surface area contributed by atoms with Crippen molar-refractivity contribution in [2.75, 3.05) is 4.90 Å². The molecule has 0 aromatic heterocycles. The van der Waals surface area contributed by atoms with Crippen LogP contribution in [0.15, 0.2) is 106 Å². The van der Waals surface area contributed by atoms with Crippen LogP contribution in [0.1, 0.15) is 25.8 Å². The summed E-state index contributed by atoms with van der Waals surface area (Å²) < 4.78 is 0. The molecule has 3 aromatic carbocycles. The molecule has 0 N–H and O–H groups in total. The first-order valence-corrected chi connectivity index (χ1v) is 10.6. The summed E-state index contributed by atoms with van der Waals surface area (Å²) in [5.41, 5.74) is 6.52. The van der Waals surface area contributed by atoms with E-state index in [1.807, 2.05) is 11.8 Å². The molecule has 0 saturated carbocycles. The number of fused-ring (bicyclic) bond motifs is 3. The third kappa shape index (κ3) is 2.80. The van der Waals surface area contributed by atoms with E-state index in [0.29, 0.717) is 0 Å². The monoisotopic (exact) mass is 381 g/mol. The van der Waals surface area contributed by atoms with Crippen molar-refractivity contribution in [2.24, 2.45) is 0 Å². The summed E-state index contributed by atoms with van der Waals surface area (Å²) in [5.74, 6) is 0. The minimum absolute atomic E-state index is 0.127. The average Bonchev–Trinajstić information content (AvgIpc) is 3.01. The summed E-state index contributed by atoms with van der Waals surface area (Å²) in [6.45, 7) is 4.58. The van der Waals surface area contributed by atoms with Crippen molar-refractivity contribution >= 4 is 28.8 Å². The van der Waals surface area contributed by atoms with Gasteiger partial charge >= 0.3 is 0 Å². The van der Waals surface area contributed by atoms with Crippen LogP contribution in [0.2, 0.25) is 0 Å².